The van der Waals surface area contributed by atoms with Gasteiger partial charge < -0.3 is 19.6 Å². The second-order valence-electron chi connectivity index (χ2n) is 4.69. The largest absolute Gasteiger partial charge is 0.492 e. The SMILES string of the molecule is CCOc1ccccc1N1CCN(C)CC1CO. The number of hydrogen-bond acceptors (Lipinski definition) is 4. The third kappa shape index (κ3) is 2.76. The zero-order valence-corrected chi connectivity index (χ0v) is 11.2. The molecule has 4 nitrogen and oxygen atoms in total. The van der Waals surface area contributed by atoms with E-state index < -0.39 is 0 Å². The summed E-state index contributed by atoms with van der Waals surface area (Å²) >= 11 is 0. The first-order chi connectivity index (χ1) is 8.76. The van der Waals surface area contributed by atoms with Crippen LogP contribution < -0.4 is 9.64 Å². The number of hydrogen-bond donors (Lipinski definition) is 1. The second-order valence-corrected chi connectivity index (χ2v) is 4.69. The Bertz CT molecular complexity index is 384. The first-order valence-electron chi connectivity index (χ1n) is 6.54. The van der Waals surface area contributed by atoms with E-state index in [2.05, 4.69) is 22.9 Å². The molecule has 2 rings (SSSR count). The standard InChI is InChI=1S/C14H22N2O2/c1-3-18-14-7-5-4-6-13(14)16-9-8-15(2)10-12(16)11-17/h4-7,12,17H,3,8-11H2,1-2H3. The zero-order chi connectivity index (χ0) is 13.0. The fourth-order valence-corrected chi connectivity index (χ4v) is 2.46. The minimum atomic E-state index is 0.144. The van der Waals surface area contributed by atoms with E-state index in [0.717, 1.165) is 31.1 Å². The van der Waals surface area contributed by atoms with E-state index in [0.29, 0.717) is 6.61 Å². The van der Waals surface area contributed by atoms with Crippen LogP contribution in [0.5, 0.6) is 5.75 Å². The molecule has 0 amide bonds. The Morgan fingerprint density at radius 2 is 2.11 bits per heavy atom. The molecule has 1 fully saturated rings. The van der Waals surface area contributed by atoms with Crippen molar-refractivity contribution in [1.82, 2.24) is 4.90 Å². The molecule has 0 aliphatic carbocycles. The molecule has 0 bridgehead atoms. The normalized spacial score (nSPS) is 21.1. The van der Waals surface area contributed by atoms with Crippen molar-refractivity contribution >= 4 is 5.69 Å². The summed E-state index contributed by atoms with van der Waals surface area (Å²) in [4.78, 5) is 4.51. The van der Waals surface area contributed by atoms with Crippen LogP contribution in [0.3, 0.4) is 0 Å². The molecule has 1 heterocycles. The Morgan fingerprint density at radius 1 is 1.33 bits per heavy atom. The van der Waals surface area contributed by atoms with Gasteiger partial charge in [-0.05, 0) is 26.1 Å². The number of likely N-dealkylation sites (N-methyl/N-ethyl adjacent to an activating group) is 1. The van der Waals surface area contributed by atoms with Crippen LogP contribution in [0.15, 0.2) is 24.3 Å². The molecule has 4 heteroatoms. The number of nitrogens with zero attached hydrogens (tertiary/aromatic N) is 2. The number of ether oxygens (including phenoxy) is 1. The van der Waals surface area contributed by atoms with Crippen molar-refractivity contribution in [3.63, 3.8) is 0 Å². The van der Waals surface area contributed by atoms with Crippen molar-refractivity contribution in [2.24, 2.45) is 0 Å². The summed E-state index contributed by atoms with van der Waals surface area (Å²) in [5.74, 6) is 0.906. The summed E-state index contributed by atoms with van der Waals surface area (Å²) in [5, 5.41) is 9.55. The highest BCUT2D eigenvalue weighted by atomic mass is 16.5. The van der Waals surface area contributed by atoms with Crippen LogP contribution >= 0.6 is 0 Å². The maximum Gasteiger partial charge on any atom is 0.142 e. The lowest BCUT2D eigenvalue weighted by Crippen LogP contribution is -2.53. The highest BCUT2D eigenvalue weighted by Gasteiger charge is 2.26. The summed E-state index contributed by atoms with van der Waals surface area (Å²) in [5.41, 5.74) is 1.09. The number of anilines is 1. The highest BCUT2D eigenvalue weighted by molar-refractivity contribution is 5.59. The maximum atomic E-state index is 9.55. The minimum absolute atomic E-state index is 0.144. The number of piperazine rings is 1. The maximum absolute atomic E-state index is 9.55. The van der Waals surface area contributed by atoms with E-state index >= 15 is 0 Å². The highest BCUT2D eigenvalue weighted by Crippen LogP contribution is 2.30. The van der Waals surface area contributed by atoms with Crippen LogP contribution in [0.2, 0.25) is 0 Å². The Kier molecular flexibility index (Phi) is 4.44. The molecule has 18 heavy (non-hydrogen) atoms. The van der Waals surface area contributed by atoms with Crippen molar-refractivity contribution in [2.45, 2.75) is 13.0 Å². The van der Waals surface area contributed by atoms with Gasteiger partial charge in [-0.25, -0.2) is 0 Å². The number of aliphatic hydroxyl groups excluding tert-OH is 1. The van der Waals surface area contributed by atoms with Gasteiger partial charge in [0.15, 0.2) is 0 Å². The lowest BCUT2D eigenvalue weighted by atomic mass is 10.1. The summed E-state index contributed by atoms with van der Waals surface area (Å²) < 4.78 is 5.67. The molecular weight excluding hydrogens is 228 g/mol. The minimum Gasteiger partial charge on any atom is -0.492 e. The first kappa shape index (κ1) is 13.2. The Labute approximate surface area is 109 Å². The Balaban J connectivity index is 2.23. The number of para-hydroxylation sites is 2. The molecule has 1 aromatic carbocycles. The van der Waals surface area contributed by atoms with E-state index in [1.165, 1.54) is 0 Å². The van der Waals surface area contributed by atoms with Gasteiger partial charge in [0.05, 0.1) is 24.9 Å². The Morgan fingerprint density at radius 3 is 2.83 bits per heavy atom. The van der Waals surface area contributed by atoms with Crippen molar-refractivity contribution in [1.29, 1.82) is 0 Å². The van der Waals surface area contributed by atoms with E-state index in [4.69, 9.17) is 4.74 Å². The quantitative estimate of drug-likeness (QED) is 0.871. The van der Waals surface area contributed by atoms with Crippen LogP contribution in [0.4, 0.5) is 5.69 Å². The molecule has 1 N–H and O–H groups in total. The summed E-state index contributed by atoms with van der Waals surface area (Å²) in [6, 6.07) is 8.21. The molecule has 1 atom stereocenters. The van der Waals surface area contributed by atoms with Gasteiger partial charge in [0.1, 0.15) is 5.75 Å². The van der Waals surface area contributed by atoms with E-state index in [-0.39, 0.29) is 12.6 Å². The molecule has 0 saturated carbocycles. The Hall–Kier alpha value is -1.26. The molecule has 1 unspecified atom stereocenters. The van der Waals surface area contributed by atoms with Gasteiger partial charge >= 0.3 is 0 Å². The second kappa shape index (κ2) is 6.07. The number of benzene rings is 1. The number of aliphatic hydroxyl groups is 1. The lowest BCUT2D eigenvalue weighted by Gasteiger charge is -2.41. The third-order valence-electron chi connectivity index (χ3n) is 3.37. The van der Waals surface area contributed by atoms with Gasteiger partial charge in [-0.2, -0.15) is 0 Å². The van der Waals surface area contributed by atoms with Gasteiger partial charge in [-0.3, -0.25) is 0 Å². The zero-order valence-electron chi connectivity index (χ0n) is 11.2. The predicted octanol–water partition coefficient (Wildman–Crippen LogP) is 1.20. The molecule has 1 aromatic rings. The molecular formula is C14H22N2O2. The topological polar surface area (TPSA) is 35.9 Å². The smallest absolute Gasteiger partial charge is 0.142 e. The molecule has 0 radical (unpaired) electrons. The van der Waals surface area contributed by atoms with Crippen molar-refractivity contribution in [3.05, 3.63) is 24.3 Å². The van der Waals surface area contributed by atoms with Gasteiger partial charge in [-0.15, -0.1) is 0 Å². The van der Waals surface area contributed by atoms with E-state index in [9.17, 15) is 5.11 Å². The third-order valence-corrected chi connectivity index (χ3v) is 3.37. The van der Waals surface area contributed by atoms with Crippen molar-refractivity contribution < 1.29 is 9.84 Å². The molecule has 0 aromatic heterocycles. The van der Waals surface area contributed by atoms with Crippen LogP contribution in [-0.2, 0) is 0 Å². The predicted molar refractivity (Wildman–Crippen MR) is 73.3 cm³/mol. The van der Waals surface area contributed by atoms with Crippen LogP contribution in [0.1, 0.15) is 6.92 Å². The van der Waals surface area contributed by atoms with Crippen LogP contribution in [0, 0.1) is 0 Å². The molecule has 1 aliphatic heterocycles. The van der Waals surface area contributed by atoms with Crippen molar-refractivity contribution in [3.8, 4) is 5.75 Å². The monoisotopic (exact) mass is 250 g/mol. The molecule has 1 saturated heterocycles. The average Bonchev–Trinajstić information content (AvgIpc) is 2.40. The van der Waals surface area contributed by atoms with Gasteiger partial charge in [0.25, 0.3) is 0 Å². The van der Waals surface area contributed by atoms with Crippen LogP contribution in [0.25, 0.3) is 0 Å². The number of rotatable bonds is 4. The van der Waals surface area contributed by atoms with E-state index in [1.807, 2.05) is 25.1 Å². The van der Waals surface area contributed by atoms with Gasteiger partial charge in [0.2, 0.25) is 0 Å². The fraction of sp³-hybridized carbons (Fsp3) is 0.571. The van der Waals surface area contributed by atoms with Crippen molar-refractivity contribution in [2.75, 3.05) is 44.8 Å². The first-order valence-corrected chi connectivity index (χ1v) is 6.54. The average molecular weight is 250 g/mol. The fourth-order valence-electron chi connectivity index (χ4n) is 2.46. The lowest BCUT2D eigenvalue weighted by molar-refractivity contribution is 0.190. The van der Waals surface area contributed by atoms with E-state index in [1.54, 1.807) is 0 Å². The van der Waals surface area contributed by atoms with Gasteiger partial charge in [0, 0.05) is 19.6 Å². The van der Waals surface area contributed by atoms with Crippen LogP contribution in [-0.4, -0.2) is 55.9 Å². The summed E-state index contributed by atoms with van der Waals surface area (Å²) in [6.07, 6.45) is 0. The summed E-state index contributed by atoms with van der Waals surface area (Å²) in [6.45, 7) is 5.64. The van der Waals surface area contributed by atoms with Gasteiger partial charge in [-0.1, -0.05) is 12.1 Å². The molecule has 100 valence electrons. The summed E-state index contributed by atoms with van der Waals surface area (Å²) in [7, 11) is 2.09. The molecule has 0 spiro atoms. The molecule has 1 aliphatic rings.